The maximum atomic E-state index is 13.1. The zero-order chi connectivity index (χ0) is 19.4. The lowest BCUT2D eigenvalue weighted by atomic mass is 9.88. The highest BCUT2D eigenvalue weighted by Gasteiger charge is 2.22. The molecular weight excluding hydrogens is 330 g/mol. The molecule has 0 saturated carbocycles. The van der Waals surface area contributed by atoms with Crippen molar-refractivity contribution in [3.63, 3.8) is 0 Å². The van der Waals surface area contributed by atoms with Gasteiger partial charge in [-0.3, -0.25) is 4.79 Å². The van der Waals surface area contributed by atoms with Crippen LogP contribution in [0.25, 0.3) is 0 Å². The van der Waals surface area contributed by atoms with Crippen LogP contribution in [0.4, 0.5) is 5.69 Å². The number of nitrogens with one attached hydrogen (secondary N) is 1. The van der Waals surface area contributed by atoms with E-state index >= 15 is 0 Å². The van der Waals surface area contributed by atoms with Gasteiger partial charge in [0.15, 0.2) is 5.78 Å². The maximum absolute atomic E-state index is 13.1. The van der Waals surface area contributed by atoms with Crippen molar-refractivity contribution in [2.45, 2.75) is 65.2 Å². The van der Waals surface area contributed by atoms with Crippen LogP contribution in [-0.2, 0) is 0 Å². The normalized spacial score (nSPS) is 14.7. The van der Waals surface area contributed by atoms with Gasteiger partial charge >= 0.3 is 0 Å². The zero-order valence-corrected chi connectivity index (χ0v) is 17.0. The highest BCUT2D eigenvalue weighted by molar-refractivity contribution is 6.09. The molecule has 0 atom stereocenters. The van der Waals surface area contributed by atoms with Gasteiger partial charge in [0.1, 0.15) is 0 Å². The van der Waals surface area contributed by atoms with Gasteiger partial charge in [-0.1, -0.05) is 76.2 Å². The zero-order valence-electron chi connectivity index (χ0n) is 17.0. The summed E-state index contributed by atoms with van der Waals surface area (Å²) >= 11 is 0. The summed E-state index contributed by atoms with van der Waals surface area (Å²) in [7, 11) is 0. The van der Waals surface area contributed by atoms with E-state index in [4.69, 9.17) is 0 Å². The van der Waals surface area contributed by atoms with Gasteiger partial charge in [0.25, 0.3) is 0 Å². The minimum absolute atomic E-state index is 0.172. The van der Waals surface area contributed by atoms with Crippen LogP contribution < -0.4 is 5.32 Å². The van der Waals surface area contributed by atoms with E-state index in [0.717, 1.165) is 42.5 Å². The Morgan fingerprint density at radius 3 is 2.00 bits per heavy atom. The van der Waals surface area contributed by atoms with Gasteiger partial charge in [0.05, 0.1) is 0 Å². The number of ketones is 1. The van der Waals surface area contributed by atoms with Gasteiger partial charge in [-0.05, 0) is 48.6 Å². The summed E-state index contributed by atoms with van der Waals surface area (Å²) in [6, 6.07) is 16.2. The predicted molar refractivity (Wildman–Crippen MR) is 115 cm³/mol. The molecule has 0 fully saturated rings. The number of hydrogen-bond donors (Lipinski definition) is 1. The van der Waals surface area contributed by atoms with E-state index < -0.39 is 0 Å². The standard InChI is InChI=1S/C25H31NO/c1-17(2)20-14-10-15-21(18(3)4)24(20)26-23-16-9-8-13-22(23)25(27)19-11-6-5-7-12-19/h5-7,10-12,14-15,17-18,26H,8-9,13,16H2,1-4H3. The highest BCUT2D eigenvalue weighted by atomic mass is 16.1. The van der Waals surface area contributed by atoms with E-state index in [0.29, 0.717) is 11.8 Å². The first-order valence-corrected chi connectivity index (χ1v) is 10.2. The highest BCUT2D eigenvalue weighted by Crippen LogP contribution is 2.36. The molecule has 0 aromatic heterocycles. The second kappa shape index (κ2) is 8.56. The molecular formula is C25H31NO. The third kappa shape index (κ3) is 4.32. The number of benzene rings is 2. The van der Waals surface area contributed by atoms with E-state index in [9.17, 15) is 4.79 Å². The molecule has 142 valence electrons. The fourth-order valence-corrected chi connectivity index (χ4v) is 3.90. The summed E-state index contributed by atoms with van der Waals surface area (Å²) in [5.74, 6) is 1.04. The Labute approximate surface area is 163 Å². The van der Waals surface area contributed by atoms with Crippen LogP contribution in [0.3, 0.4) is 0 Å². The molecule has 27 heavy (non-hydrogen) atoms. The fraction of sp³-hybridized carbons (Fsp3) is 0.400. The number of carbonyl (C=O) groups excluding carboxylic acids is 1. The van der Waals surface area contributed by atoms with Gasteiger partial charge in [-0.2, -0.15) is 0 Å². The molecule has 0 unspecified atom stereocenters. The quantitative estimate of drug-likeness (QED) is 0.558. The van der Waals surface area contributed by atoms with Gasteiger partial charge in [0.2, 0.25) is 0 Å². The smallest absolute Gasteiger partial charge is 0.190 e. The first kappa shape index (κ1) is 19.4. The summed E-state index contributed by atoms with van der Waals surface area (Å²) in [5.41, 5.74) is 6.72. The molecule has 2 nitrogen and oxygen atoms in total. The molecule has 1 N–H and O–H groups in total. The Balaban J connectivity index is 2.04. The summed E-state index contributed by atoms with van der Waals surface area (Å²) in [6.45, 7) is 8.93. The van der Waals surface area contributed by atoms with Crippen LogP contribution in [0.1, 0.15) is 86.7 Å². The first-order chi connectivity index (χ1) is 13.0. The molecule has 2 aromatic carbocycles. The lowest BCUT2D eigenvalue weighted by Crippen LogP contribution is -2.17. The molecule has 0 aliphatic heterocycles. The number of hydrogen-bond acceptors (Lipinski definition) is 2. The number of rotatable bonds is 6. The molecule has 0 saturated heterocycles. The van der Waals surface area contributed by atoms with Crippen molar-refractivity contribution in [1.82, 2.24) is 0 Å². The Hall–Kier alpha value is -2.35. The van der Waals surface area contributed by atoms with E-state index in [1.54, 1.807) is 0 Å². The number of allylic oxidation sites excluding steroid dienone is 2. The third-order valence-corrected chi connectivity index (χ3v) is 5.43. The van der Waals surface area contributed by atoms with E-state index in [1.807, 2.05) is 30.3 Å². The molecule has 0 amide bonds. The Kier molecular flexibility index (Phi) is 6.15. The Morgan fingerprint density at radius 2 is 1.41 bits per heavy atom. The van der Waals surface area contributed by atoms with Crippen LogP contribution >= 0.6 is 0 Å². The van der Waals surface area contributed by atoms with Crippen LogP contribution in [0.5, 0.6) is 0 Å². The predicted octanol–water partition coefficient (Wildman–Crippen LogP) is 7.06. The van der Waals surface area contributed by atoms with E-state index in [1.165, 1.54) is 16.8 Å². The summed E-state index contributed by atoms with van der Waals surface area (Å²) in [5, 5.41) is 3.74. The van der Waals surface area contributed by atoms with Crippen molar-refractivity contribution in [1.29, 1.82) is 0 Å². The van der Waals surface area contributed by atoms with Crippen molar-refractivity contribution < 1.29 is 4.79 Å². The lowest BCUT2D eigenvalue weighted by Gasteiger charge is -2.26. The van der Waals surface area contributed by atoms with E-state index in [2.05, 4.69) is 51.2 Å². The van der Waals surface area contributed by atoms with Crippen molar-refractivity contribution in [2.24, 2.45) is 0 Å². The van der Waals surface area contributed by atoms with Gasteiger partial charge < -0.3 is 5.32 Å². The SMILES string of the molecule is CC(C)c1cccc(C(C)C)c1NC1=C(C(=O)c2ccccc2)CCCC1. The number of Topliss-reactive ketones (excluding diaryl/α,β-unsaturated/α-hetero) is 1. The first-order valence-electron chi connectivity index (χ1n) is 10.2. The summed E-state index contributed by atoms with van der Waals surface area (Å²) in [6.07, 6.45) is 4.02. The maximum Gasteiger partial charge on any atom is 0.190 e. The monoisotopic (exact) mass is 361 g/mol. The molecule has 0 radical (unpaired) electrons. The molecule has 3 rings (SSSR count). The average Bonchev–Trinajstić information content (AvgIpc) is 2.68. The second-order valence-corrected chi connectivity index (χ2v) is 8.11. The molecule has 0 spiro atoms. The number of carbonyl (C=O) groups is 1. The van der Waals surface area contributed by atoms with Crippen LogP contribution in [0.15, 0.2) is 59.8 Å². The largest absolute Gasteiger partial charge is 0.358 e. The lowest BCUT2D eigenvalue weighted by molar-refractivity contribution is 0.102. The van der Waals surface area contributed by atoms with Crippen LogP contribution in [0.2, 0.25) is 0 Å². The molecule has 2 aromatic rings. The molecule has 0 heterocycles. The average molecular weight is 362 g/mol. The van der Waals surface area contributed by atoms with Crippen molar-refractivity contribution in [3.05, 3.63) is 76.5 Å². The summed E-state index contributed by atoms with van der Waals surface area (Å²) in [4.78, 5) is 13.1. The fourth-order valence-electron chi connectivity index (χ4n) is 3.90. The summed E-state index contributed by atoms with van der Waals surface area (Å²) < 4.78 is 0. The van der Waals surface area contributed by atoms with Crippen molar-refractivity contribution >= 4 is 11.5 Å². The molecule has 0 bridgehead atoms. The number of para-hydroxylation sites is 1. The topological polar surface area (TPSA) is 29.1 Å². The molecule has 2 heteroatoms. The van der Waals surface area contributed by atoms with Gasteiger partial charge in [0, 0.05) is 22.5 Å². The molecule has 1 aliphatic rings. The van der Waals surface area contributed by atoms with Crippen LogP contribution in [-0.4, -0.2) is 5.78 Å². The Bertz CT molecular complexity index is 804. The van der Waals surface area contributed by atoms with Gasteiger partial charge in [-0.15, -0.1) is 0 Å². The molecule has 1 aliphatic carbocycles. The van der Waals surface area contributed by atoms with Crippen molar-refractivity contribution in [2.75, 3.05) is 5.32 Å². The van der Waals surface area contributed by atoms with Crippen LogP contribution in [0, 0.1) is 0 Å². The van der Waals surface area contributed by atoms with E-state index in [-0.39, 0.29) is 5.78 Å². The van der Waals surface area contributed by atoms with Gasteiger partial charge in [-0.25, -0.2) is 0 Å². The number of anilines is 1. The van der Waals surface area contributed by atoms with Crippen molar-refractivity contribution in [3.8, 4) is 0 Å². The Morgan fingerprint density at radius 1 is 0.815 bits per heavy atom. The minimum Gasteiger partial charge on any atom is -0.358 e. The minimum atomic E-state index is 0.172. The second-order valence-electron chi connectivity index (χ2n) is 8.11. The third-order valence-electron chi connectivity index (χ3n) is 5.43.